The third kappa shape index (κ3) is 7.57. The summed E-state index contributed by atoms with van der Waals surface area (Å²) in [5.74, 6) is 0. The second-order valence-electron chi connectivity index (χ2n) is 6.02. The van der Waals surface area contributed by atoms with Crippen LogP contribution in [0.15, 0.2) is 46.1 Å². The lowest BCUT2D eigenvalue weighted by atomic mass is 10.1. The van der Waals surface area contributed by atoms with Gasteiger partial charge in [0.05, 0.1) is 18.2 Å². The van der Waals surface area contributed by atoms with Gasteiger partial charge in [-0.2, -0.15) is 0 Å². The van der Waals surface area contributed by atoms with Gasteiger partial charge in [-0.25, -0.2) is 4.79 Å². The molecule has 0 saturated heterocycles. The van der Waals surface area contributed by atoms with Crippen molar-refractivity contribution < 1.29 is 14.3 Å². The van der Waals surface area contributed by atoms with Gasteiger partial charge in [0, 0.05) is 6.42 Å². The highest BCUT2D eigenvalue weighted by atomic mass is 127. The van der Waals surface area contributed by atoms with E-state index in [1.54, 1.807) is 20.8 Å². The highest BCUT2D eigenvalue weighted by molar-refractivity contribution is 14.1. The SMILES string of the molecule is C=C(C)C(CC(I)=[C+]c1ccccc1)OC(=O)OC(C)(C)C. The Bertz CT molecular complexity index is 541. The summed E-state index contributed by atoms with van der Waals surface area (Å²) in [7, 11) is 0. The first-order chi connectivity index (χ1) is 10.2. The second kappa shape index (κ2) is 8.30. The van der Waals surface area contributed by atoms with E-state index in [1.807, 2.05) is 37.3 Å². The zero-order valence-electron chi connectivity index (χ0n) is 13.5. The van der Waals surface area contributed by atoms with Crippen LogP contribution in [0.1, 0.15) is 39.7 Å². The van der Waals surface area contributed by atoms with Crippen molar-refractivity contribution in [2.24, 2.45) is 0 Å². The largest absolute Gasteiger partial charge is 0.509 e. The fourth-order valence-corrected chi connectivity index (χ4v) is 2.31. The molecule has 0 spiro atoms. The molecule has 0 aliphatic rings. The van der Waals surface area contributed by atoms with Gasteiger partial charge in [0.15, 0.2) is 5.56 Å². The molecule has 4 heteroatoms. The van der Waals surface area contributed by atoms with Crippen LogP contribution in [0.25, 0.3) is 0 Å². The van der Waals surface area contributed by atoms with Gasteiger partial charge in [0.2, 0.25) is 0 Å². The van der Waals surface area contributed by atoms with Crippen molar-refractivity contribution in [1.29, 1.82) is 0 Å². The molecule has 0 heterocycles. The third-order valence-electron chi connectivity index (χ3n) is 2.60. The lowest BCUT2D eigenvalue weighted by Gasteiger charge is -2.22. The van der Waals surface area contributed by atoms with Crippen molar-refractivity contribution in [2.75, 3.05) is 0 Å². The number of ether oxygens (including phenoxy) is 2. The van der Waals surface area contributed by atoms with E-state index in [-0.39, 0.29) is 0 Å². The third-order valence-corrected chi connectivity index (χ3v) is 3.31. The Morgan fingerprint density at radius 3 is 2.41 bits per heavy atom. The number of carbonyl (C=O) groups excluding carboxylic acids is 1. The van der Waals surface area contributed by atoms with Gasteiger partial charge in [-0.05, 0) is 74.1 Å². The summed E-state index contributed by atoms with van der Waals surface area (Å²) in [6.45, 7) is 11.1. The molecule has 0 bridgehead atoms. The topological polar surface area (TPSA) is 35.5 Å². The zero-order chi connectivity index (χ0) is 16.8. The Labute approximate surface area is 146 Å². The monoisotopic (exact) mass is 413 g/mol. The summed E-state index contributed by atoms with van der Waals surface area (Å²) < 4.78 is 11.5. The molecule has 1 unspecified atom stereocenters. The summed E-state index contributed by atoms with van der Waals surface area (Å²) in [5, 5.41) is 0. The van der Waals surface area contributed by atoms with Crippen LogP contribution in [0.5, 0.6) is 0 Å². The molecule has 0 amide bonds. The molecular weight excluding hydrogens is 391 g/mol. The van der Waals surface area contributed by atoms with Gasteiger partial charge in [0.1, 0.15) is 15.3 Å². The molecule has 0 N–H and O–H groups in total. The molecule has 1 rings (SSSR count). The van der Waals surface area contributed by atoms with Crippen LogP contribution < -0.4 is 0 Å². The average Bonchev–Trinajstić information content (AvgIpc) is 2.36. The maximum Gasteiger partial charge on any atom is 0.509 e. The fourth-order valence-electron chi connectivity index (χ4n) is 1.60. The highest BCUT2D eigenvalue weighted by Crippen LogP contribution is 2.22. The van der Waals surface area contributed by atoms with Crippen LogP contribution in [-0.2, 0) is 9.47 Å². The van der Waals surface area contributed by atoms with E-state index in [4.69, 9.17) is 9.47 Å². The Hall–Kier alpha value is -1.39. The normalized spacial score (nSPS) is 13.0. The van der Waals surface area contributed by atoms with Crippen molar-refractivity contribution in [3.63, 3.8) is 0 Å². The minimum atomic E-state index is -0.676. The predicted octanol–water partition coefficient (Wildman–Crippen LogP) is 5.44. The van der Waals surface area contributed by atoms with Crippen molar-refractivity contribution in [3.8, 4) is 0 Å². The van der Waals surface area contributed by atoms with Gasteiger partial charge < -0.3 is 9.47 Å². The summed E-state index contributed by atoms with van der Waals surface area (Å²) in [6, 6.07) is 9.83. The lowest BCUT2D eigenvalue weighted by molar-refractivity contribution is -0.0196. The van der Waals surface area contributed by atoms with E-state index in [0.717, 1.165) is 14.7 Å². The minimum Gasteiger partial charge on any atom is -0.429 e. The van der Waals surface area contributed by atoms with Crippen molar-refractivity contribution in [2.45, 2.75) is 45.8 Å². The maximum absolute atomic E-state index is 11.8. The zero-order valence-corrected chi connectivity index (χ0v) is 15.6. The van der Waals surface area contributed by atoms with E-state index >= 15 is 0 Å². The number of carbonyl (C=O) groups is 1. The number of benzene rings is 1. The molecule has 1 atom stereocenters. The van der Waals surface area contributed by atoms with Gasteiger partial charge in [-0.15, -0.1) is 0 Å². The van der Waals surface area contributed by atoms with Crippen LogP contribution in [-0.4, -0.2) is 17.9 Å². The first-order valence-corrected chi connectivity index (χ1v) is 8.13. The quantitative estimate of drug-likeness (QED) is 0.279. The fraction of sp³-hybridized carbons (Fsp3) is 0.389. The van der Waals surface area contributed by atoms with E-state index < -0.39 is 17.9 Å². The smallest absolute Gasteiger partial charge is 0.429 e. The van der Waals surface area contributed by atoms with Crippen LogP contribution >= 0.6 is 22.6 Å². The van der Waals surface area contributed by atoms with E-state index in [1.165, 1.54) is 0 Å². The molecule has 0 aliphatic heterocycles. The summed E-state index contributed by atoms with van der Waals surface area (Å²) >= 11 is 2.20. The molecule has 22 heavy (non-hydrogen) atoms. The Morgan fingerprint density at radius 1 is 1.32 bits per heavy atom. The molecule has 118 valence electrons. The van der Waals surface area contributed by atoms with Crippen molar-refractivity contribution >= 4 is 28.7 Å². The predicted molar refractivity (Wildman–Crippen MR) is 96.9 cm³/mol. The molecular formula is C18H22IO3+. The van der Waals surface area contributed by atoms with Crippen LogP contribution in [0.2, 0.25) is 0 Å². The van der Waals surface area contributed by atoms with Crippen LogP contribution in [0.4, 0.5) is 4.79 Å². The van der Waals surface area contributed by atoms with E-state index in [9.17, 15) is 4.79 Å². The molecule has 1 aromatic rings. The first-order valence-electron chi connectivity index (χ1n) is 7.06. The minimum absolute atomic E-state index is 0.419. The second-order valence-corrected chi connectivity index (χ2v) is 7.32. The number of hydrogen-bond acceptors (Lipinski definition) is 3. The summed E-state index contributed by atoms with van der Waals surface area (Å²) in [6.07, 6.45) is 2.72. The first kappa shape index (κ1) is 18.7. The molecule has 3 nitrogen and oxygen atoms in total. The van der Waals surface area contributed by atoms with E-state index in [0.29, 0.717) is 6.42 Å². The van der Waals surface area contributed by atoms with Crippen LogP contribution in [0, 0.1) is 6.08 Å². The molecule has 0 aliphatic carbocycles. The van der Waals surface area contributed by atoms with Crippen LogP contribution in [0.3, 0.4) is 0 Å². The highest BCUT2D eigenvalue weighted by Gasteiger charge is 2.23. The Morgan fingerprint density at radius 2 is 1.91 bits per heavy atom. The van der Waals surface area contributed by atoms with Gasteiger partial charge in [-0.1, -0.05) is 6.58 Å². The number of halogens is 1. The summed E-state index contributed by atoms with van der Waals surface area (Å²) in [4.78, 5) is 11.8. The van der Waals surface area contributed by atoms with Crippen molar-refractivity contribution in [1.82, 2.24) is 0 Å². The Kier molecular flexibility index (Phi) is 7.04. The number of rotatable bonds is 5. The van der Waals surface area contributed by atoms with E-state index in [2.05, 4.69) is 35.2 Å². The van der Waals surface area contributed by atoms with Gasteiger partial charge >= 0.3 is 6.16 Å². The molecule has 1 aromatic carbocycles. The van der Waals surface area contributed by atoms with Gasteiger partial charge in [-0.3, -0.25) is 0 Å². The molecule has 0 radical (unpaired) electrons. The molecule has 0 aromatic heterocycles. The van der Waals surface area contributed by atoms with Crippen molar-refractivity contribution in [3.05, 3.63) is 57.7 Å². The number of hydrogen-bond donors (Lipinski definition) is 0. The summed E-state index contributed by atoms with van der Waals surface area (Å²) in [5.41, 5.74) is 1.19. The van der Waals surface area contributed by atoms with Gasteiger partial charge in [0.25, 0.3) is 0 Å². The Balaban J connectivity index is 2.70. The standard InChI is InChI=1S/C18H22IO3/c1-13(2)16(21-17(20)22-18(3,4)5)12-15(19)11-14-9-7-6-8-10-14/h6-10,16H,1,12H2,2-5H3/q+1. The average molecular weight is 413 g/mol. The molecule has 0 saturated carbocycles. The lowest BCUT2D eigenvalue weighted by Crippen LogP contribution is -2.28. The maximum atomic E-state index is 11.8. The molecule has 0 fully saturated rings.